The fourth-order valence-corrected chi connectivity index (χ4v) is 13.0. The highest BCUT2D eigenvalue weighted by molar-refractivity contribution is 7.47. The van der Waals surface area contributed by atoms with E-state index in [9.17, 15) is 43.2 Å². The number of hydrogen-bond acceptors (Lipinski definition) is 15. The van der Waals surface area contributed by atoms with Crippen molar-refractivity contribution in [3.8, 4) is 0 Å². The molecule has 552 valence electrons. The number of phosphoric acid groups is 2. The number of esters is 4. The van der Waals surface area contributed by atoms with E-state index in [2.05, 4.69) is 27.7 Å². The number of rotatable bonds is 75. The average molecular weight is 1370 g/mol. The van der Waals surface area contributed by atoms with E-state index in [-0.39, 0.29) is 25.7 Å². The van der Waals surface area contributed by atoms with Gasteiger partial charge in [0, 0.05) is 25.7 Å². The normalized spacial score (nSPS) is 13.9. The fraction of sp³-hybridized carbons (Fsp3) is 0.946. The van der Waals surface area contributed by atoms with Gasteiger partial charge in [0.25, 0.3) is 0 Å². The first-order chi connectivity index (χ1) is 45.2. The van der Waals surface area contributed by atoms with Crippen LogP contribution in [0.3, 0.4) is 0 Å². The molecule has 0 aromatic rings. The van der Waals surface area contributed by atoms with Crippen molar-refractivity contribution in [3.05, 3.63) is 0 Å². The summed E-state index contributed by atoms with van der Waals surface area (Å²) in [6, 6.07) is 0. The topological polar surface area (TPSA) is 237 Å². The van der Waals surface area contributed by atoms with Gasteiger partial charge in [-0.3, -0.25) is 37.3 Å². The summed E-state index contributed by atoms with van der Waals surface area (Å²) in [4.78, 5) is 72.5. The van der Waals surface area contributed by atoms with Crippen molar-refractivity contribution >= 4 is 39.5 Å². The lowest BCUT2D eigenvalue weighted by atomic mass is 10.0. The van der Waals surface area contributed by atoms with Gasteiger partial charge in [0.1, 0.15) is 19.3 Å². The van der Waals surface area contributed by atoms with Crippen LogP contribution in [0, 0.1) is 0 Å². The molecule has 0 amide bonds. The van der Waals surface area contributed by atoms with Gasteiger partial charge in [-0.2, -0.15) is 0 Å². The van der Waals surface area contributed by atoms with E-state index < -0.39 is 97.5 Å². The third kappa shape index (κ3) is 68.4. The number of unbranched alkanes of at least 4 members (excludes halogenated alkanes) is 49. The van der Waals surface area contributed by atoms with Crippen LogP contribution in [0.4, 0.5) is 0 Å². The first-order valence-electron chi connectivity index (χ1n) is 38.8. The van der Waals surface area contributed by atoms with E-state index in [0.717, 1.165) is 96.3 Å². The standard InChI is InChI=1S/C74H144O17P2/c1-5-9-13-17-21-25-27-29-31-32-33-34-35-36-37-38-40-42-45-49-53-57-61-74(79)91-70(65-85-72(77)59-55-51-47-44-41-39-30-28-26-22-18-14-10-6-2)67-89-93(82,83)87-63-68(75)62-86-92(80,81)88-66-69(64-84-71(76)58-54-50-46-24-20-16-12-8-4)90-73(78)60-56-52-48-43-23-19-15-11-7-3/h68-70,75H,5-67H2,1-4H3,(H,80,81)(H,82,83)/t68-,69+,70+/m0/s1. The number of aliphatic hydroxyl groups excluding tert-OH is 1. The molecule has 19 heteroatoms. The summed E-state index contributed by atoms with van der Waals surface area (Å²) < 4.78 is 68.3. The number of hydrogen-bond donors (Lipinski definition) is 3. The lowest BCUT2D eigenvalue weighted by molar-refractivity contribution is -0.161. The van der Waals surface area contributed by atoms with Crippen molar-refractivity contribution in [1.82, 2.24) is 0 Å². The zero-order valence-corrected chi connectivity index (χ0v) is 62.0. The van der Waals surface area contributed by atoms with E-state index in [1.807, 2.05) is 0 Å². The third-order valence-electron chi connectivity index (χ3n) is 17.4. The Morgan fingerprint density at radius 2 is 0.430 bits per heavy atom. The van der Waals surface area contributed by atoms with Crippen LogP contribution in [0.15, 0.2) is 0 Å². The average Bonchev–Trinajstić information content (AvgIpc) is 2.76. The molecule has 0 heterocycles. The zero-order chi connectivity index (χ0) is 68.2. The molecule has 93 heavy (non-hydrogen) atoms. The molecule has 2 unspecified atom stereocenters. The molecule has 0 radical (unpaired) electrons. The Balaban J connectivity index is 5.13. The number of aliphatic hydroxyl groups is 1. The molecule has 0 saturated heterocycles. The Morgan fingerprint density at radius 3 is 0.634 bits per heavy atom. The molecule has 3 N–H and O–H groups in total. The summed E-state index contributed by atoms with van der Waals surface area (Å²) in [6.07, 6.45) is 58.5. The van der Waals surface area contributed by atoms with Gasteiger partial charge < -0.3 is 33.8 Å². The van der Waals surface area contributed by atoms with E-state index in [0.29, 0.717) is 25.7 Å². The predicted octanol–water partition coefficient (Wildman–Crippen LogP) is 21.8. The highest BCUT2D eigenvalue weighted by Gasteiger charge is 2.30. The first kappa shape index (κ1) is 91.1. The maximum Gasteiger partial charge on any atom is 0.472 e. The van der Waals surface area contributed by atoms with Crippen LogP contribution >= 0.6 is 15.6 Å². The van der Waals surface area contributed by atoms with E-state index in [1.54, 1.807) is 0 Å². The van der Waals surface area contributed by atoms with Crippen molar-refractivity contribution in [2.24, 2.45) is 0 Å². The van der Waals surface area contributed by atoms with E-state index >= 15 is 0 Å². The maximum atomic E-state index is 13.1. The second-order valence-corrected chi connectivity index (χ2v) is 29.6. The molecule has 0 spiro atoms. The Kier molecular flexibility index (Phi) is 67.1. The summed E-state index contributed by atoms with van der Waals surface area (Å²) in [6.45, 7) is 4.92. The lowest BCUT2D eigenvalue weighted by Gasteiger charge is -2.21. The summed E-state index contributed by atoms with van der Waals surface area (Å²) in [5.41, 5.74) is 0. The molecule has 17 nitrogen and oxygen atoms in total. The minimum absolute atomic E-state index is 0.106. The molecular weight excluding hydrogens is 1220 g/mol. The smallest absolute Gasteiger partial charge is 0.462 e. The molecule has 0 aromatic heterocycles. The molecule has 0 rings (SSSR count). The summed E-state index contributed by atoms with van der Waals surface area (Å²) in [7, 11) is -9.90. The van der Waals surface area contributed by atoms with Crippen LogP contribution in [-0.4, -0.2) is 96.7 Å². The third-order valence-corrected chi connectivity index (χ3v) is 19.3. The summed E-state index contributed by atoms with van der Waals surface area (Å²) in [5.74, 6) is -2.12. The molecule has 0 aromatic carbocycles. The quantitative estimate of drug-likeness (QED) is 0.0222. The van der Waals surface area contributed by atoms with Crippen LogP contribution in [0.5, 0.6) is 0 Å². The van der Waals surface area contributed by atoms with Crippen molar-refractivity contribution in [2.45, 2.75) is 412 Å². The van der Waals surface area contributed by atoms with Crippen LogP contribution in [0.2, 0.25) is 0 Å². The highest BCUT2D eigenvalue weighted by Crippen LogP contribution is 2.45. The largest absolute Gasteiger partial charge is 0.472 e. The minimum atomic E-state index is -4.95. The second kappa shape index (κ2) is 68.6. The van der Waals surface area contributed by atoms with Gasteiger partial charge in [-0.15, -0.1) is 0 Å². The molecule has 0 aliphatic carbocycles. The van der Waals surface area contributed by atoms with Crippen molar-refractivity contribution in [1.29, 1.82) is 0 Å². The number of phosphoric ester groups is 2. The zero-order valence-electron chi connectivity index (χ0n) is 60.2. The van der Waals surface area contributed by atoms with Gasteiger partial charge in [-0.1, -0.05) is 342 Å². The van der Waals surface area contributed by atoms with Gasteiger partial charge in [0.05, 0.1) is 26.4 Å². The Bertz CT molecular complexity index is 1770. The summed E-state index contributed by atoms with van der Waals surface area (Å²) >= 11 is 0. The molecule has 5 atom stereocenters. The van der Waals surface area contributed by atoms with Crippen molar-refractivity contribution in [3.63, 3.8) is 0 Å². The predicted molar refractivity (Wildman–Crippen MR) is 377 cm³/mol. The Labute approximate surface area is 568 Å². The van der Waals surface area contributed by atoms with E-state index in [1.165, 1.54) is 218 Å². The highest BCUT2D eigenvalue weighted by atomic mass is 31.2. The molecule has 0 saturated carbocycles. The van der Waals surface area contributed by atoms with Crippen molar-refractivity contribution in [2.75, 3.05) is 39.6 Å². The Morgan fingerprint density at radius 1 is 0.258 bits per heavy atom. The number of carbonyl (C=O) groups is 4. The number of carbonyl (C=O) groups excluding carboxylic acids is 4. The molecular formula is C74H144O17P2. The summed E-state index contributed by atoms with van der Waals surface area (Å²) in [5, 5.41) is 10.6. The molecule has 0 aliphatic heterocycles. The lowest BCUT2D eigenvalue weighted by Crippen LogP contribution is -2.30. The monoisotopic (exact) mass is 1370 g/mol. The first-order valence-corrected chi connectivity index (χ1v) is 41.8. The van der Waals surface area contributed by atoms with Crippen LogP contribution in [0.25, 0.3) is 0 Å². The van der Waals surface area contributed by atoms with Gasteiger partial charge in [-0.05, 0) is 25.7 Å². The van der Waals surface area contributed by atoms with Gasteiger partial charge in [0.2, 0.25) is 0 Å². The second-order valence-electron chi connectivity index (χ2n) is 26.7. The maximum absolute atomic E-state index is 13.1. The van der Waals surface area contributed by atoms with E-state index in [4.69, 9.17) is 37.0 Å². The van der Waals surface area contributed by atoms with Crippen LogP contribution in [0.1, 0.15) is 394 Å². The molecule has 0 aliphatic rings. The van der Waals surface area contributed by atoms with Gasteiger partial charge in [0.15, 0.2) is 12.2 Å². The van der Waals surface area contributed by atoms with Crippen LogP contribution < -0.4 is 0 Å². The van der Waals surface area contributed by atoms with Crippen molar-refractivity contribution < 1.29 is 80.2 Å². The van der Waals surface area contributed by atoms with Gasteiger partial charge >= 0.3 is 39.5 Å². The Hall–Kier alpha value is -1.94. The molecule has 0 fully saturated rings. The van der Waals surface area contributed by atoms with Gasteiger partial charge in [-0.25, -0.2) is 9.13 Å². The van der Waals surface area contributed by atoms with Crippen LogP contribution in [-0.2, 0) is 65.4 Å². The fourth-order valence-electron chi connectivity index (χ4n) is 11.4. The molecule has 0 bridgehead atoms. The number of ether oxygens (including phenoxy) is 4. The SMILES string of the molecule is CCCCCCCCCCCCCCCCCCCCCCCCC(=O)O[C@H](COC(=O)CCCCCCCCCCCCCCCC)COP(=O)(O)OC[C@@H](O)COP(=O)(O)OC[C@@H](COC(=O)CCCCCCCCCC)OC(=O)CCCCCCCCCCC. The minimum Gasteiger partial charge on any atom is -0.462 e.